The van der Waals surface area contributed by atoms with Crippen molar-refractivity contribution in [3.05, 3.63) is 23.3 Å². The summed E-state index contributed by atoms with van der Waals surface area (Å²) in [7, 11) is 0. The number of hydrogen-bond acceptors (Lipinski definition) is 1. The van der Waals surface area contributed by atoms with E-state index in [0.29, 0.717) is 5.41 Å². The monoisotopic (exact) mass is 218 g/mol. The Morgan fingerprint density at radius 3 is 2.69 bits per heavy atom. The molecular formula is C15H22O. The van der Waals surface area contributed by atoms with Crippen LogP contribution < -0.4 is 0 Å². The maximum Gasteiger partial charge on any atom is 0.146 e. The van der Waals surface area contributed by atoms with E-state index in [-0.39, 0.29) is 0 Å². The fourth-order valence-corrected chi connectivity index (χ4v) is 3.17. The highest BCUT2D eigenvalue weighted by atomic mass is 16.1. The second-order valence-corrected chi connectivity index (χ2v) is 5.51. The molecule has 0 aromatic heterocycles. The van der Waals surface area contributed by atoms with Crippen molar-refractivity contribution in [1.82, 2.24) is 0 Å². The normalized spacial score (nSPS) is 23.1. The lowest BCUT2D eigenvalue weighted by Crippen LogP contribution is -2.33. The first kappa shape index (κ1) is 11.6. The van der Waals surface area contributed by atoms with Crippen LogP contribution in [-0.2, 0) is 4.79 Å². The molecule has 1 nitrogen and oxygen atoms in total. The van der Waals surface area contributed by atoms with Crippen LogP contribution in [0.1, 0.15) is 58.3 Å². The standard InChI is InChI=1S/C15H22O/c1-3-5-12(2)14-10-15(7-4-8-15)9-6-13(14)11-16/h11H,2-10H2,1H3. The van der Waals surface area contributed by atoms with Crippen LogP contribution in [0.15, 0.2) is 23.3 Å². The first-order valence-corrected chi connectivity index (χ1v) is 6.56. The van der Waals surface area contributed by atoms with E-state index in [1.54, 1.807) is 0 Å². The number of hydrogen-bond donors (Lipinski definition) is 0. The largest absolute Gasteiger partial charge is 0.298 e. The van der Waals surface area contributed by atoms with E-state index in [0.717, 1.165) is 37.5 Å². The molecule has 0 unspecified atom stereocenters. The number of aldehydes is 1. The molecule has 1 heteroatoms. The number of allylic oxidation sites excluding steroid dienone is 3. The highest BCUT2D eigenvalue weighted by Gasteiger charge is 2.40. The van der Waals surface area contributed by atoms with Crippen molar-refractivity contribution >= 4 is 6.29 Å². The Morgan fingerprint density at radius 1 is 1.44 bits per heavy atom. The molecule has 2 aliphatic carbocycles. The molecule has 1 saturated carbocycles. The molecule has 1 spiro atoms. The van der Waals surface area contributed by atoms with E-state index in [1.807, 2.05) is 0 Å². The van der Waals surface area contributed by atoms with Crippen LogP contribution >= 0.6 is 0 Å². The summed E-state index contributed by atoms with van der Waals surface area (Å²) in [5.74, 6) is 0. The van der Waals surface area contributed by atoms with Crippen LogP contribution in [0.4, 0.5) is 0 Å². The van der Waals surface area contributed by atoms with Gasteiger partial charge in [0.15, 0.2) is 0 Å². The molecule has 0 atom stereocenters. The highest BCUT2D eigenvalue weighted by molar-refractivity contribution is 5.76. The van der Waals surface area contributed by atoms with Gasteiger partial charge in [-0.1, -0.05) is 31.9 Å². The van der Waals surface area contributed by atoms with Gasteiger partial charge >= 0.3 is 0 Å². The van der Waals surface area contributed by atoms with Gasteiger partial charge in [0, 0.05) is 0 Å². The Morgan fingerprint density at radius 2 is 2.19 bits per heavy atom. The van der Waals surface area contributed by atoms with Gasteiger partial charge in [0.05, 0.1) is 0 Å². The van der Waals surface area contributed by atoms with Crippen molar-refractivity contribution in [3.8, 4) is 0 Å². The second-order valence-electron chi connectivity index (χ2n) is 5.51. The third-order valence-electron chi connectivity index (χ3n) is 4.40. The highest BCUT2D eigenvalue weighted by Crippen LogP contribution is 2.53. The van der Waals surface area contributed by atoms with Gasteiger partial charge < -0.3 is 0 Å². The Hall–Kier alpha value is -0.850. The van der Waals surface area contributed by atoms with E-state index >= 15 is 0 Å². The zero-order valence-electron chi connectivity index (χ0n) is 10.3. The van der Waals surface area contributed by atoms with Crippen molar-refractivity contribution in [2.24, 2.45) is 5.41 Å². The molecule has 0 radical (unpaired) electrons. The molecule has 0 aromatic rings. The topological polar surface area (TPSA) is 17.1 Å². The fourth-order valence-electron chi connectivity index (χ4n) is 3.17. The molecular weight excluding hydrogens is 196 g/mol. The summed E-state index contributed by atoms with van der Waals surface area (Å²) in [5, 5.41) is 0. The van der Waals surface area contributed by atoms with Crippen LogP contribution in [0.5, 0.6) is 0 Å². The summed E-state index contributed by atoms with van der Waals surface area (Å²) >= 11 is 0. The second kappa shape index (κ2) is 4.57. The summed E-state index contributed by atoms with van der Waals surface area (Å²) < 4.78 is 0. The minimum Gasteiger partial charge on any atom is -0.298 e. The lowest BCUT2D eigenvalue weighted by molar-refractivity contribution is -0.105. The third kappa shape index (κ3) is 2.00. The first-order chi connectivity index (χ1) is 7.71. The molecule has 16 heavy (non-hydrogen) atoms. The predicted octanol–water partition coefficient (Wildman–Crippen LogP) is 4.19. The van der Waals surface area contributed by atoms with Gasteiger partial charge in [-0.05, 0) is 55.1 Å². The number of carbonyl (C=O) groups excluding carboxylic acids is 1. The number of carbonyl (C=O) groups is 1. The van der Waals surface area contributed by atoms with Crippen LogP contribution in [0.25, 0.3) is 0 Å². The quantitative estimate of drug-likeness (QED) is 0.646. The molecule has 2 rings (SSSR count). The third-order valence-corrected chi connectivity index (χ3v) is 4.40. The van der Waals surface area contributed by atoms with Crippen LogP contribution in [0.3, 0.4) is 0 Å². The van der Waals surface area contributed by atoms with Crippen molar-refractivity contribution < 1.29 is 4.79 Å². The molecule has 1 fully saturated rings. The average molecular weight is 218 g/mol. The zero-order valence-corrected chi connectivity index (χ0v) is 10.3. The molecule has 2 aliphatic rings. The molecule has 0 aliphatic heterocycles. The van der Waals surface area contributed by atoms with Gasteiger partial charge in [0.25, 0.3) is 0 Å². The van der Waals surface area contributed by atoms with Gasteiger partial charge in [-0.25, -0.2) is 0 Å². The number of rotatable bonds is 4. The Balaban J connectivity index is 2.18. The van der Waals surface area contributed by atoms with Gasteiger partial charge in [-0.15, -0.1) is 0 Å². The lowest BCUT2D eigenvalue weighted by Gasteiger charge is -2.46. The Bertz CT molecular complexity index is 331. The van der Waals surface area contributed by atoms with E-state index < -0.39 is 0 Å². The average Bonchev–Trinajstić information content (AvgIpc) is 2.26. The smallest absolute Gasteiger partial charge is 0.146 e. The lowest BCUT2D eigenvalue weighted by atomic mass is 9.59. The summed E-state index contributed by atoms with van der Waals surface area (Å²) in [5.41, 5.74) is 4.12. The predicted molar refractivity (Wildman–Crippen MR) is 67.3 cm³/mol. The van der Waals surface area contributed by atoms with Gasteiger partial charge in [0.1, 0.15) is 6.29 Å². The van der Waals surface area contributed by atoms with Crippen molar-refractivity contribution in [1.29, 1.82) is 0 Å². The molecule has 0 aromatic carbocycles. The van der Waals surface area contributed by atoms with Crippen LogP contribution in [0, 0.1) is 5.41 Å². The Labute approximate surface area is 98.6 Å². The van der Waals surface area contributed by atoms with E-state index in [2.05, 4.69) is 13.5 Å². The molecule has 0 saturated heterocycles. The summed E-state index contributed by atoms with van der Waals surface area (Å²) in [6.45, 7) is 6.35. The van der Waals surface area contributed by atoms with Crippen molar-refractivity contribution in [2.45, 2.75) is 58.3 Å². The first-order valence-electron chi connectivity index (χ1n) is 6.56. The van der Waals surface area contributed by atoms with Crippen molar-refractivity contribution in [3.63, 3.8) is 0 Å². The molecule has 0 amide bonds. The molecule has 88 valence electrons. The maximum atomic E-state index is 11.1. The van der Waals surface area contributed by atoms with Gasteiger partial charge in [-0.2, -0.15) is 0 Å². The minimum absolute atomic E-state index is 0.554. The molecule has 0 heterocycles. The zero-order chi connectivity index (χ0) is 11.6. The minimum atomic E-state index is 0.554. The Kier molecular flexibility index (Phi) is 3.32. The summed E-state index contributed by atoms with van der Waals surface area (Å²) in [4.78, 5) is 11.1. The summed E-state index contributed by atoms with van der Waals surface area (Å²) in [6, 6.07) is 0. The van der Waals surface area contributed by atoms with Crippen molar-refractivity contribution in [2.75, 3.05) is 0 Å². The van der Waals surface area contributed by atoms with Crippen LogP contribution in [0.2, 0.25) is 0 Å². The maximum absolute atomic E-state index is 11.1. The van der Waals surface area contributed by atoms with Gasteiger partial charge in [-0.3, -0.25) is 4.79 Å². The molecule has 0 bridgehead atoms. The summed E-state index contributed by atoms with van der Waals surface area (Å²) in [6.07, 6.45) is 10.7. The fraction of sp³-hybridized carbons (Fsp3) is 0.667. The van der Waals surface area contributed by atoms with E-state index in [9.17, 15) is 4.79 Å². The van der Waals surface area contributed by atoms with Crippen LogP contribution in [-0.4, -0.2) is 6.29 Å². The van der Waals surface area contributed by atoms with Gasteiger partial charge in [0.2, 0.25) is 0 Å². The van der Waals surface area contributed by atoms with E-state index in [1.165, 1.54) is 36.8 Å². The van der Waals surface area contributed by atoms with E-state index in [4.69, 9.17) is 0 Å². The SMILES string of the molecule is C=C(CCC)C1=C(C=O)CCC2(CCC2)C1. The molecule has 0 N–H and O–H groups in total.